The molecule has 0 aliphatic carbocycles. The van der Waals surface area contributed by atoms with Crippen molar-refractivity contribution in [3.8, 4) is 0 Å². The second-order valence-electron chi connectivity index (χ2n) is 3.11. The van der Waals surface area contributed by atoms with Crippen LogP contribution in [0.2, 0.25) is 0 Å². The van der Waals surface area contributed by atoms with Crippen LogP contribution in [-0.2, 0) is 11.3 Å². The molecule has 0 aliphatic heterocycles. The molecule has 0 atom stereocenters. The van der Waals surface area contributed by atoms with E-state index in [4.69, 9.17) is 0 Å². The van der Waals surface area contributed by atoms with Crippen LogP contribution < -0.4 is 5.32 Å². The van der Waals surface area contributed by atoms with Crippen molar-refractivity contribution < 1.29 is 4.79 Å². The van der Waals surface area contributed by atoms with E-state index >= 15 is 0 Å². The summed E-state index contributed by atoms with van der Waals surface area (Å²) < 4.78 is 0. The third-order valence-electron chi connectivity index (χ3n) is 1.25. The first-order valence-electron chi connectivity index (χ1n) is 4.55. The number of carbonyl (C=O) groups is 1. The average molecular weight is 195 g/mol. The normalized spacial score (nSPS) is 9.14. The minimum atomic E-state index is 0.204. The highest BCUT2D eigenvalue weighted by molar-refractivity contribution is 5.51. The molecule has 4 heteroatoms. The fourth-order valence-corrected chi connectivity index (χ4v) is 0.602. The number of nitrogens with zero attached hydrogens (tertiary/aromatic N) is 2. The van der Waals surface area contributed by atoms with Crippen LogP contribution in [0.5, 0.6) is 0 Å². The zero-order valence-corrected chi connectivity index (χ0v) is 8.90. The lowest BCUT2D eigenvalue weighted by Crippen LogP contribution is -2.06. The van der Waals surface area contributed by atoms with E-state index in [1.54, 1.807) is 18.6 Å². The third-order valence-corrected chi connectivity index (χ3v) is 1.25. The Hall–Kier alpha value is -1.29. The summed E-state index contributed by atoms with van der Waals surface area (Å²) in [5.74, 6) is 0.204. The smallest absolute Gasteiger partial charge is 0.122 e. The van der Waals surface area contributed by atoms with Gasteiger partial charge in [-0.3, -0.25) is 9.97 Å². The van der Waals surface area contributed by atoms with Gasteiger partial charge < -0.3 is 10.1 Å². The third kappa shape index (κ3) is 7.36. The van der Waals surface area contributed by atoms with Crippen LogP contribution in [0.25, 0.3) is 0 Å². The van der Waals surface area contributed by atoms with Gasteiger partial charge in [0.05, 0.1) is 5.69 Å². The standard InChI is InChI=1S/C6H9N3.C4H8O/c1-7-4-6-5-8-2-3-9-6;1-4(2)3-5/h2-3,5,7H,4H2,1H3;3-4H,1-2H3. The summed E-state index contributed by atoms with van der Waals surface area (Å²) in [6, 6.07) is 0. The molecular weight excluding hydrogens is 178 g/mol. The topological polar surface area (TPSA) is 54.9 Å². The molecule has 0 unspecified atom stereocenters. The Kier molecular flexibility index (Phi) is 7.55. The van der Waals surface area contributed by atoms with E-state index < -0.39 is 0 Å². The molecule has 1 rings (SSSR count). The van der Waals surface area contributed by atoms with Gasteiger partial charge in [0, 0.05) is 31.1 Å². The summed E-state index contributed by atoms with van der Waals surface area (Å²) in [6.07, 6.45) is 6.02. The van der Waals surface area contributed by atoms with Gasteiger partial charge in [0.2, 0.25) is 0 Å². The van der Waals surface area contributed by atoms with E-state index in [9.17, 15) is 4.79 Å². The van der Waals surface area contributed by atoms with E-state index in [-0.39, 0.29) is 5.92 Å². The Labute approximate surface area is 84.8 Å². The monoisotopic (exact) mass is 195 g/mol. The van der Waals surface area contributed by atoms with Crippen LogP contribution in [-0.4, -0.2) is 23.3 Å². The first kappa shape index (κ1) is 12.7. The molecule has 1 N–H and O–H groups in total. The Morgan fingerprint density at radius 2 is 2.14 bits per heavy atom. The largest absolute Gasteiger partial charge is 0.314 e. The maximum atomic E-state index is 9.50. The lowest BCUT2D eigenvalue weighted by atomic mass is 10.3. The molecule has 78 valence electrons. The zero-order chi connectivity index (χ0) is 10.8. The van der Waals surface area contributed by atoms with Crippen molar-refractivity contribution in [3.63, 3.8) is 0 Å². The molecule has 0 aliphatic rings. The summed E-state index contributed by atoms with van der Waals surface area (Å²) in [4.78, 5) is 17.4. The van der Waals surface area contributed by atoms with Gasteiger partial charge in [0.25, 0.3) is 0 Å². The van der Waals surface area contributed by atoms with Crippen molar-refractivity contribution in [2.45, 2.75) is 20.4 Å². The van der Waals surface area contributed by atoms with Crippen molar-refractivity contribution in [3.05, 3.63) is 24.3 Å². The zero-order valence-electron chi connectivity index (χ0n) is 8.90. The molecule has 0 fully saturated rings. The Morgan fingerprint density at radius 3 is 2.50 bits per heavy atom. The van der Waals surface area contributed by atoms with Gasteiger partial charge in [-0.15, -0.1) is 0 Å². The van der Waals surface area contributed by atoms with Crippen LogP contribution >= 0.6 is 0 Å². The lowest BCUT2D eigenvalue weighted by molar-refractivity contribution is -0.110. The minimum Gasteiger partial charge on any atom is -0.314 e. The average Bonchev–Trinajstić information content (AvgIpc) is 2.21. The highest BCUT2D eigenvalue weighted by Crippen LogP contribution is 1.86. The fraction of sp³-hybridized carbons (Fsp3) is 0.500. The van der Waals surface area contributed by atoms with E-state index in [1.807, 2.05) is 20.9 Å². The molecule has 4 nitrogen and oxygen atoms in total. The van der Waals surface area contributed by atoms with Gasteiger partial charge >= 0.3 is 0 Å². The van der Waals surface area contributed by atoms with Crippen molar-refractivity contribution in [1.29, 1.82) is 0 Å². The molecule has 0 amide bonds. The second kappa shape index (κ2) is 8.31. The number of rotatable bonds is 3. The molecule has 0 saturated carbocycles. The maximum Gasteiger partial charge on any atom is 0.122 e. The SMILES string of the molecule is CC(C)C=O.CNCc1cnccn1. The minimum absolute atomic E-state index is 0.204. The Balaban J connectivity index is 0.000000292. The lowest BCUT2D eigenvalue weighted by Gasteiger charge is -1.94. The van der Waals surface area contributed by atoms with E-state index in [2.05, 4.69) is 15.3 Å². The summed E-state index contributed by atoms with van der Waals surface area (Å²) in [5, 5.41) is 2.98. The number of aldehydes is 1. The van der Waals surface area contributed by atoms with Gasteiger partial charge in [-0.25, -0.2) is 0 Å². The Bertz CT molecular complexity index is 236. The maximum absolute atomic E-state index is 9.50. The van der Waals surface area contributed by atoms with E-state index in [0.29, 0.717) is 0 Å². The molecule has 1 aromatic rings. The van der Waals surface area contributed by atoms with Gasteiger partial charge in [0.15, 0.2) is 0 Å². The predicted molar refractivity (Wildman–Crippen MR) is 55.7 cm³/mol. The van der Waals surface area contributed by atoms with Gasteiger partial charge in [0.1, 0.15) is 6.29 Å². The van der Waals surface area contributed by atoms with Crippen molar-refractivity contribution in [1.82, 2.24) is 15.3 Å². The molecule has 1 aromatic heterocycles. The van der Waals surface area contributed by atoms with Crippen molar-refractivity contribution in [2.24, 2.45) is 5.92 Å². The first-order chi connectivity index (χ1) is 6.70. The van der Waals surface area contributed by atoms with Crippen molar-refractivity contribution >= 4 is 6.29 Å². The number of nitrogens with one attached hydrogen (secondary N) is 1. The fourth-order valence-electron chi connectivity index (χ4n) is 0.602. The quantitative estimate of drug-likeness (QED) is 0.732. The summed E-state index contributed by atoms with van der Waals surface area (Å²) in [5.41, 5.74) is 0.972. The van der Waals surface area contributed by atoms with E-state index in [0.717, 1.165) is 18.5 Å². The number of carbonyl (C=O) groups excluding carboxylic acids is 1. The number of hydrogen-bond donors (Lipinski definition) is 1. The number of aromatic nitrogens is 2. The molecule has 1 heterocycles. The van der Waals surface area contributed by atoms with Crippen LogP contribution in [0.3, 0.4) is 0 Å². The first-order valence-corrected chi connectivity index (χ1v) is 4.55. The summed E-state index contributed by atoms with van der Waals surface area (Å²) in [6.45, 7) is 4.49. The van der Waals surface area contributed by atoms with Gasteiger partial charge in [-0.2, -0.15) is 0 Å². The van der Waals surface area contributed by atoms with Gasteiger partial charge in [-0.05, 0) is 7.05 Å². The van der Waals surface area contributed by atoms with Crippen molar-refractivity contribution in [2.75, 3.05) is 7.05 Å². The highest BCUT2D eigenvalue weighted by atomic mass is 16.1. The van der Waals surface area contributed by atoms with Crippen LogP contribution in [0.1, 0.15) is 19.5 Å². The summed E-state index contributed by atoms with van der Waals surface area (Å²) in [7, 11) is 1.88. The molecule has 0 saturated heterocycles. The molecule has 0 spiro atoms. The van der Waals surface area contributed by atoms with Crippen LogP contribution in [0.4, 0.5) is 0 Å². The molecule has 14 heavy (non-hydrogen) atoms. The highest BCUT2D eigenvalue weighted by Gasteiger charge is 1.86. The van der Waals surface area contributed by atoms with Crippen LogP contribution in [0, 0.1) is 5.92 Å². The summed E-state index contributed by atoms with van der Waals surface area (Å²) >= 11 is 0. The second-order valence-corrected chi connectivity index (χ2v) is 3.11. The molecule has 0 radical (unpaired) electrons. The predicted octanol–water partition coefficient (Wildman–Crippen LogP) is 1.04. The Morgan fingerprint density at radius 1 is 1.50 bits per heavy atom. The molecular formula is C10H17N3O. The van der Waals surface area contributed by atoms with Crippen LogP contribution in [0.15, 0.2) is 18.6 Å². The van der Waals surface area contributed by atoms with E-state index in [1.165, 1.54) is 0 Å². The van der Waals surface area contributed by atoms with Gasteiger partial charge in [-0.1, -0.05) is 13.8 Å². The molecule has 0 bridgehead atoms. The molecule has 0 aromatic carbocycles. The number of hydrogen-bond acceptors (Lipinski definition) is 4.